The fraction of sp³-hybridized carbons (Fsp3) is 0.0556. The maximum atomic E-state index is 12.7. The lowest BCUT2D eigenvalue weighted by atomic mass is 10.1. The number of nitrogens with one attached hydrogen (secondary N) is 1. The van der Waals surface area contributed by atoms with E-state index in [4.69, 9.17) is 0 Å². The van der Waals surface area contributed by atoms with Gasteiger partial charge in [-0.25, -0.2) is 9.97 Å². The molecule has 0 unspecified atom stereocenters. The number of hydrogen-bond donors (Lipinski definition) is 1. The van der Waals surface area contributed by atoms with Gasteiger partial charge in [0.15, 0.2) is 0 Å². The molecule has 1 N–H and O–H groups in total. The van der Waals surface area contributed by atoms with Gasteiger partial charge in [-0.2, -0.15) is 0 Å². The monoisotopic (exact) mass is 321 g/mol. The zero-order valence-electron chi connectivity index (χ0n) is 12.3. The molecule has 0 aliphatic rings. The topological polar surface area (TPSA) is 54.9 Å². The first-order valence-corrected chi connectivity index (χ1v) is 8.05. The van der Waals surface area contributed by atoms with Crippen molar-refractivity contribution in [3.63, 3.8) is 0 Å². The average Bonchev–Trinajstić information content (AvgIpc) is 2.62. The summed E-state index contributed by atoms with van der Waals surface area (Å²) in [6.45, 7) is 0. The quantitative estimate of drug-likeness (QED) is 0.723. The summed E-state index contributed by atoms with van der Waals surface area (Å²) in [6, 6.07) is 21.3. The predicted molar refractivity (Wildman–Crippen MR) is 92.1 cm³/mol. The van der Waals surface area contributed by atoms with E-state index in [1.165, 1.54) is 11.8 Å². The number of carbonyl (C=O) groups is 1. The summed E-state index contributed by atoms with van der Waals surface area (Å²) < 4.78 is 0. The zero-order chi connectivity index (χ0) is 15.9. The minimum Gasteiger partial charge on any atom is -0.293 e. The van der Waals surface area contributed by atoms with Crippen molar-refractivity contribution in [2.45, 2.75) is 10.1 Å². The van der Waals surface area contributed by atoms with Crippen LogP contribution in [0.1, 0.15) is 10.8 Å². The highest BCUT2D eigenvalue weighted by molar-refractivity contribution is 8.00. The molecular formula is C18H15N3OS. The second kappa shape index (κ2) is 7.56. The van der Waals surface area contributed by atoms with Gasteiger partial charge >= 0.3 is 0 Å². The van der Waals surface area contributed by atoms with Crippen LogP contribution in [0.5, 0.6) is 0 Å². The van der Waals surface area contributed by atoms with E-state index in [0.29, 0.717) is 5.95 Å². The summed E-state index contributed by atoms with van der Waals surface area (Å²) in [5.74, 6) is 0.170. The molecule has 5 heteroatoms. The number of hydrogen-bond acceptors (Lipinski definition) is 4. The normalized spacial score (nSPS) is 11.7. The molecule has 0 saturated heterocycles. The lowest BCUT2D eigenvalue weighted by Crippen LogP contribution is -2.20. The number of carbonyl (C=O) groups excluding carboxylic acids is 1. The first-order valence-electron chi connectivity index (χ1n) is 7.17. The summed E-state index contributed by atoms with van der Waals surface area (Å²) in [6.07, 6.45) is 3.20. The number of rotatable bonds is 5. The van der Waals surface area contributed by atoms with Crippen molar-refractivity contribution in [2.24, 2.45) is 0 Å². The largest absolute Gasteiger partial charge is 0.293 e. The zero-order valence-corrected chi connectivity index (χ0v) is 13.1. The summed E-state index contributed by atoms with van der Waals surface area (Å²) in [7, 11) is 0. The first-order chi connectivity index (χ1) is 11.3. The summed E-state index contributed by atoms with van der Waals surface area (Å²) in [5, 5.41) is 2.41. The van der Waals surface area contributed by atoms with Gasteiger partial charge in [-0.15, -0.1) is 11.8 Å². The molecule has 1 aromatic heterocycles. The number of aromatic nitrogens is 2. The van der Waals surface area contributed by atoms with E-state index in [1.54, 1.807) is 18.5 Å². The van der Waals surface area contributed by atoms with E-state index in [9.17, 15) is 4.79 Å². The third-order valence-electron chi connectivity index (χ3n) is 3.14. The predicted octanol–water partition coefficient (Wildman–Crippen LogP) is 3.95. The van der Waals surface area contributed by atoms with Crippen molar-refractivity contribution in [1.82, 2.24) is 9.97 Å². The molecule has 0 aliphatic heterocycles. The van der Waals surface area contributed by atoms with Crippen molar-refractivity contribution >= 4 is 23.6 Å². The highest BCUT2D eigenvalue weighted by Gasteiger charge is 2.22. The maximum absolute atomic E-state index is 12.7. The molecular weight excluding hydrogens is 306 g/mol. The smallest absolute Gasteiger partial charge is 0.244 e. The van der Waals surface area contributed by atoms with Gasteiger partial charge in [0, 0.05) is 17.3 Å². The van der Waals surface area contributed by atoms with Crippen molar-refractivity contribution in [3.05, 3.63) is 84.7 Å². The molecule has 0 bridgehead atoms. The summed E-state index contributed by atoms with van der Waals surface area (Å²) in [5.41, 5.74) is 0.940. The van der Waals surface area contributed by atoms with Crippen molar-refractivity contribution in [2.75, 3.05) is 5.32 Å². The number of amides is 1. The Balaban J connectivity index is 1.84. The Kier molecular flexibility index (Phi) is 5.01. The lowest BCUT2D eigenvalue weighted by molar-refractivity contribution is -0.115. The average molecular weight is 321 g/mol. The number of nitrogens with zero attached hydrogens (tertiary/aromatic N) is 2. The minimum atomic E-state index is -0.373. The molecule has 0 saturated carbocycles. The Bertz CT molecular complexity index is 751. The lowest BCUT2D eigenvalue weighted by Gasteiger charge is -2.16. The van der Waals surface area contributed by atoms with Crippen LogP contribution in [0.15, 0.2) is 84.0 Å². The second-order valence-corrected chi connectivity index (χ2v) is 5.96. The van der Waals surface area contributed by atoms with Crippen LogP contribution in [-0.4, -0.2) is 15.9 Å². The molecule has 23 heavy (non-hydrogen) atoms. The van der Waals surface area contributed by atoms with E-state index in [1.807, 2.05) is 60.7 Å². The molecule has 3 aromatic rings. The van der Waals surface area contributed by atoms with Gasteiger partial charge in [0.25, 0.3) is 0 Å². The Hall–Kier alpha value is -2.66. The Labute approximate surface area is 139 Å². The van der Waals surface area contributed by atoms with Gasteiger partial charge in [-0.3, -0.25) is 10.1 Å². The van der Waals surface area contributed by atoms with Crippen LogP contribution in [-0.2, 0) is 4.79 Å². The van der Waals surface area contributed by atoms with E-state index in [2.05, 4.69) is 15.3 Å². The molecule has 0 radical (unpaired) electrons. The van der Waals surface area contributed by atoms with Gasteiger partial charge in [0.05, 0.1) is 0 Å². The van der Waals surface area contributed by atoms with Gasteiger partial charge < -0.3 is 0 Å². The van der Waals surface area contributed by atoms with Crippen LogP contribution in [0, 0.1) is 0 Å². The Morgan fingerprint density at radius 1 is 0.870 bits per heavy atom. The second-order valence-electron chi connectivity index (χ2n) is 4.78. The minimum absolute atomic E-state index is 0.142. The molecule has 1 atom stereocenters. The van der Waals surface area contributed by atoms with Crippen LogP contribution >= 0.6 is 11.8 Å². The van der Waals surface area contributed by atoms with E-state index < -0.39 is 0 Å². The summed E-state index contributed by atoms with van der Waals surface area (Å²) >= 11 is 1.50. The standard InChI is InChI=1S/C18H15N3OS/c22-17(21-18-19-12-7-13-20-18)16(14-8-3-1-4-9-14)23-15-10-5-2-6-11-15/h1-13,16H,(H,19,20,21,22)/t16-/m1/s1. The highest BCUT2D eigenvalue weighted by Crippen LogP contribution is 2.35. The summed E-state index contributed by atoms with van der Waals surface area (Å²) in [4.78, 5) is 21.8. The molecule has 0 spiro atoms. The molecule has 0 fully saturated rings. The van der Waals surface area contributed by atoms with Crippen LogP contribution in [0.2, 0.25) is 0 Å². The number of benzene rings is 2. The van der Waals surface area contributed by atoms with E-state index >= 15 is 0 Å². The van der Waals surface area contributed by atoms with E-state index in [0.717, 1.165) is 10.5 Å². The first kappa shape index (κ1) is 15.2. The van der Waals surface area contributed by atoms with Crippen molar-refractivity contribution < 1.29 is 4.79 Å². The number of anilines is 1. The van der Waals surface area contributed by atoms with Gasteiger partial charge in [-0.05, 0) is 23.8 Å². The van der Waals surface area contributed by atoms with Crippen LogP contribution in [0.4, 0.5) is 5.95 Å². The van der Waals surface area contributed by atoms with E-state index in [-0.39, 0.29) is 11.2 Å². The Morgan fingerprint density at radius 2 is 1.48 bits per heavy atom. The molecule has 1 amide bonds. The third-order valence-corrected chi connectivity index (χ3v) is 4.40. The van der Waals surface area contributed by atoms with Crippen molar-refractivity contribution in [3.8, 4) is 0 Å². The highest BCUT2D eigenvalue weighted by atomic mass is 32.2. The fourth-order valence-corrected chi connectivity index (χ4v) is 3.12. The molecule has 114 valence electrons. The molecule has 1 heterocycles. The maximum Gasteiger partial charge on any atom is 0.244 e. The fourth-order valence-electron chi connectivity index (χ4n) is 2.08. The van der Waals surface area contributed by atoms with Gasteiger partial charge in [0.2, 0.25) is 11.9 Å². The van der Waals surface area contributed by atoms with Gasteiger partial charge in [0.1, 0.15) is 5.25 Å². The molecule has 2 aromatic carbocycles. The van der Waals surface area contributed by atoms with Crippen LogP contribution in [0.25, 0.3) is 0 Å². The molecule has 3 rings (SSSR count). The molecule has 4 nitrogen and oxygen atoms in total. The van der Waals surface area contributed by atoms with Crippen LogP contribution in [0.3, 0.4) is 0 Å². The number of thioether (sulfide) groups is 1. The van der Waals surface area contributed by atoms with Crippen molar-refractivity contribution in [1.29, 1.82) is 0 Å². The molecule has 0 aliphatic carbocycles. The third kappa shape index (κ3) is 4.17. The Morgan fingerprint density at radius 3 is 2.13 bits per heavy atom. The van der Waals surface area contributed by atoms with Crippen LogP contribution < -0.4 is 5.32 Å². The van der Waals surface area contributed by atoms with Gasteiger partial charge in [-0.1, -0.05) is 48.5 Å². The SMILES string of the molecule is O=C(Nc1ncccn1)[C@H](Sc1ccccc1)c1ccccc1.